The average Bonchev–Trinajstić information content (AvgIpc) is 3.09. The molecule has 0 aromatic carbocycles. The maximum absolute atomic E-state index is 12.2. The van der Waals surface area contributed by atoms with Crippen LogP contribution in [-0.2, 0) is 9.59 Å². The zero-order valence-corrected chi connectivity index (χ0v) is 11.9. The minimum atomic E-state index is -0.0574. The van der Waals surface area contributed by atoms with E-state index in [1.54, 1.807) is 0 Å². The number of amides is 3. The van der Waals surface area contributed by atoms with Gasteiger partial charge >= 0.3 is 0 Å². The van der Waals surface area contributed by atoms with Crippen LogP contribution in [0.15, 0.2) is 17.5 Å². The molecule has 2 saturated heterocycles. The second-order valence-corrected chi connectivity index (χ2v) is 6.11. The van der Waals surface area contributed by atoms with Crippen LogP contribution in [0.4, 0.5) is 0 Å². The van der Waals surface area contributed by atoms with Crippen LogP contribution in [-0.4, -0.2) is 46.7 Å². The Balaban J connectivity index is 1.61. The number of carbonyl (C=O) groups is 3. The summed E-state index contributed by atoms with van der Waals surface area (Å²) in [4.78, 5) is 39.6. The Morgan fingerprint density at radius 1 is 1.15 bits per heavy atom. The van der Waals surface area contributed by atoms with Crippen molar-refractivity contribution in [3.8, 4) is 0 Å². The number of carbonyl (C=O) groups excluding carboxylic acids is 3. The van der Waals surface area contributed by atoms with E-state index in [2.05, 4.69) is 0 Å². The van der Waals surface area contributed by atoms with Gasteiger partial charge in [-0.1, -0.05) is 6.07 Å². The molecule has 3 heterocycles. The summed E-state index contributed by atoms with van der Waals surface area (Å²) < 4.78 is 0. The standard InChI is InChI=1S/C14H16N2O3S/c17-12-3-4-13(18)16(12)10-5-7-15(8-6-10)14(19)11-2-1-9-20-11/h1-2,9-10H,3-8H2. The quantitative estimate of drug-likeness (QED) is 0.776. The first-order chi connectivity index (χ1) is 9.66. The summed E-state index contributed by atoms with van der Waals surface area (Å²) in [6, 6.07) is 3.67. The maximum Gasteiger partial charge on any atom is 0.263 e. The highest BCUT2D eigenvalue weighted by Gasteiger charge is 2.37. The van der Waals surface area contributed by atoms with Crippen molar-refractivity contribution in [1.29, 1.82) is 0 Å². The van der Waals surface area contributed by atoms with Crippen molar-refractivity contribution in [2.24, 2.45) is 0 Å². The highest BCUT2D eigenvalue weighted by atomic mass is 32.1. The molecule has 1 aromatic heterocycles. The van der Waals surface area contributed by atoms with Crippen molar-refractivity contribution in [1.82, 2.24) is 9.80 Å². The molecule has 2 fully saturated rings. The van der Waals surface area contributed by atoms with Gasteiger partial charge in [0.05, 0.1) is 4.88 Å². The second-order valence-electron chi connectivity index (χ2n) is 5.16. The van der Waals surface area contributed by atoms with Gasteiger partial charge in [-0.15, -0.1) is 11.3 Å². The first-order valence-corrected chi connectivity index (χ1v) is 7.72. The molecular formula is C14H16N2O3S. The topological polar surface area (TPSA) is 57.7 Å². The molecule has 0 bridgehead atoms. The van der Waals surface area contributed by atoms with Crippen LogP contribution >= 0.6 is 11.3 Å². The molecule has 106 valence electrons. The van der Waals surface area contributed by atoms with Crippen LogP contribution in [0.25, 0.3) is 0 Å². The van der Waals surface area contributed by atoms with E-state index in [0.717, 1.165) is 4.88 Å². The second kappa shape index (κ2) is 5.36. The SMILES string of the molecule is O=C(c1cccs1)N1CCC(N2C(=O)CCC2=O)CC1. The third kappa shape index (κ3) is 2.35. The molecule has 5 nitrogen and oxygen atoms in total. The smallest absolute Gasteiger partial charge is 0.263 e. The summed E-state index contributed by atoms with van der Waals surface area (Å²) in [5.74, 6) is -0.0615. The molecular weight excluding hydrogens is 276 g/mol. The summed E-state index contributed by atoms with van der Waals surface area (Å²) in [7, 11) is 0. The van der Waals surface area contributed by atoms with Crippen LogP contribution in [0.2, 0.25) is 0 Å². The predicted octanol–water partition coefficient (Wildman–Crippen LogP) is 1.50. The molecule has 2 aliphatic rings. The lowest BCUT2D eigenvalue weighted by Crippen LogP contribution is -2.48. The van der Waals surface area contributed by atoms with Crippen LogP contribution in [0.1, 0.15) is 35.4 Å². The lowest BCUT2D eigenvalue weighted by atomic mass is 10.0. The summed E-state index contributed by atoms with van der Waals surface area (Å²) in [5.41, 5.74) is 0. The number of thiophene rings is 1. The lowest BCUT2D eigenvalue weighted by molar-refractivity contribution is -0.141. The van der Waals surface area contributed by atoms with Crippen molar-refractivity contribution in [2.75, 3.05) is 13.1 Å². The van der Waals surface area contributed by atoms with Crippen molar-refractivity contribution in [2.45, 2.75) is 31.7 Å². The van der Waals surface area contributed by atoms with Gasteiger partial charge in [0.1, 0.15) is 0 Å². The molecule has 0 saturated carbocycles. The van der Waals surface area contributed by atoms with Gasteiger partial charge in [0.15, 0.2) is 0 Å². The molecule has 1 aromatic rings. The maximum atomic E-state index is 12.2. The minimum Gasteiger partial charge on any atom is -0.338 e. The van der Waals surface area contributed by atoms with Crippen molar-refractivity contribution in [3.05, 3.63) is 22.4 Å². The van der Waals surface area contributed by atoms with E-state index >= 15 is 0 Å². The molecule has 0 aliphatic carbocycles. The molecule has 0 unspecified atom stereocenters. The highest BCUT2D eigenvalue weighted by molar-refractivity contribution is 7.12. The predicted molar refractivity (Wildman–Crippen MR) is 74.3 cm³/mol. The monoisotopic (exact) mass is 292 g/mol. The molecule has 0 spiro atoms. The van der Waals surface area contributed by atoms with Crippen molar-refractivity contribution < 1.29 is 14.4 Å². The summed E-state index contributed by atoms with van der Waals surface area (Å²) >= 11 is 1.44. The van der Waals surface area contributed by atoms with Crippen LogP contribution in [0, 0.1) is 0 Å². The van der Waals surface area contributed by atoms with E-state index in [4.69, 9.17) is 0 Å². The molecule has 0 atom stereocenters. The Kier molecular flexibility index (Phi) is 3.56. The fraction of sp³-hybridized carbons (Fsp3) is 0.500. The summed E-state index contributed by atoms with van der Waals surface area (Å²) in [5, 5.41) is 1.89. The lowest BCUT2D eigenvalue weighted by Gasteiger charge is -2.35. The number of hydrogen-bond acceptors (Lipinski definition) is 4. The molecule has 2 aliphatic heterocycles. The Hall–Kier alpha value is -1.69. The van der Waals surface area contributed by atoms with E-state index < -0.39 is 0 Å². The zero-order valence-electron chi connectivity index (χ0n) is 11.1. The molecule has 0 radical (unpaired) electrons. The molecule has 6 heteroatoms. The Bertz CT molecular complexity index is 517. The Labute approximate surface area is 121 Å². The van der Waals surface area contributed by atoms with Gasteiger partial charge in [0.2, 0.25) is 11.8 Å². The van der Waals surface area contributed by atoms with Gasteiger partial charge in [-0.2, -0.15) is 0 Å². The summed E-state index contributed by atoms with van der Waals surface area (Å²) in [6.07, 6.45) is 2.06. The van der Waals surface area contributed by atoms with E-state index in [1.807, 2.05) is 22.4 Å². The highest BCUT2D eigenvalue weighted by Crippen LogP contribution is 2.24. The van der Waals surface area contributed by atoms with Gasteiger partial charge in [0, 0.05) is 32.0 Å². The van der Waals surface area contributed by atoms with Gasteiger partial charge < -0.3 is 4.90 Å². The van der Waals surface area contributed by atoms with Gasteiger partial charge in [-0.05, 0) is 24.3 Å². The van der Waals surface area contributed by atoms with Gasteiger partial charge in [0.25, 0.3) is 5.91 Å². The van der Waals surface area contributed by atoms with Crippen molar-refractivity contribution in [3.63, 3.8) is 0 Å². The minimum absolute atomic E-state index is 0.0233. The fourth-order valence-corrected chi connectivity index (χ4v) is 3.58. The molecule has 3 rings (SSSR count). The average molecular weight is 292 g/mol. The molecule has 20 heavy (non-hydrogen) atoms. The van der Waals surface area contributed by atoms with Crippen LogP contribution in [0.3, 0.4) is 0 Å². The number of piperidine rings is 1. The first kappa shape index (κ1) is 13.3. The first-order valence-electron chi connectivity index (χ1n) is 6.84. The molecule has 3 amide bonds. The van der Waals surface area contributed by atoms with E-state index in [-0.39, 0.29) is 23.8 Å². The van der Waals surface area contributed by atoms with Gasteiger partial charge in [-0.3, -0.25) is 19.3 Å². The third-order valence-electron chi connectivity index (χ3n) is 3.94. The van der Waals surface area contributed by atoms with E-state index in [0.29, 0.717) is 38.8 Å². The number of nitrogens with zero attached hydrogens (tertiary/aromatic N) is 2. The van der Waals surface area contributed by atoms with Crippen LogP contribution < -0.4 is 0 Å². The van der Waals surface area contributed by atoms with E-state index in [1.165, 1.54) is 16.2 Å². The van der Waals surface area contributed by atoms with E-state index in [9.17, 15) is 14.4 Å². The number of rotatable bonds is 2. The van der Waals surface area contributed by atoms with Gasteiger partial charge in [-0.25, -0.2) is 0 Å². The molecule has 0 N–H and O–H groups in total. The largest absolute Gasteiger partial charge is 0.338 e. The Morgan fingerprint density at radius 3 is 2.35 bits per heavy atom. The number of imide groups is 1. The number of hydrogen-bond donors (Lipinski definition) is 0. The zero-order chi connectivity index (χ0) is 14.1. The Morgan fingerprint density at radius 2 is 1.80 bits per heavy atom. The summed E-state index contributed by atoms with van der Waals surface area (Å²) in [6.45, 7) is 1.22. The van der Waals surface area contributed by atoms with Crippen LogP contribution in [0.5, 0.6) is 0 Å². The normalized spacial score (nSPS) is 20.8. The van der Waals surface area contributed by atoms with Crippen molar-refractivity contribution >= 4 is 29.1 Å². The fourth-order valence-electron chi connectivity index (χ4n) is 2.88. The third-order valence-corrected chi connectivity index (χ3v) is 4.80. The number of likely N-dealkylation sites (tertiary alicyclic amines) is 2.